The van der Waals surface area contributed by atoms with Crippen molar-refractivity contribution < 1.29 is 9.53 Å². The lowest BCUT2D eigenvalue weighted by molar-refractivity contribution is -0.113. The van der Waals surface area contributed by atoms with Crippen LogP contribution in [0.2, 0.25) is 0 Å². The Morgan fingerprint density at radius 2 is 1.93 bits per heavy atom. The zero-order valence-corrected chi connectivity index (χ0v) is 17.6. The number of hydrogen-bond donors (Lipinski definition) is 1. The molecule has 0 spiro atoms. The summed E-state index contributed by atoms with van der Waals surface area (Å²) in [5, 5.41) is 12.2. The van der Waals surface area contributed by atoms with Crippen molar-refractivity contribution in [2.75, 3.05) is 18.2 Å². The second-order valence-electron chi connectivity index (χ2n) is 6.57. The third-order valence-corrected chi connectivity index (χ3v) is 5.47. The largest absolute Gasteiger partial charge is 0.497 e. The first-order valence-electron chi connectivity index (χ1n) is 9.20. The van der Waals surface area contributed by atoms with E-state index in [9.17, 15) is 4.79 Å². The number of rotatable bonds is 8. The van der Waals surface area contributed by atoms with Crippen molar-refractivity contribution in [3.8, 4) is 17.1 Å². The minimum atomic E-state index is -0.0857. The molecule has 3 rings (SSSR count). The highest BCUT2D eigenvalue weighted by Gasteiger charge is 2.15. The van der Waals surface area contributed by atoms with Crippen LogP contribution in [0.4, 0.5) is 5.69 Å². The molecular formula is C22H24N4O2S. The Labute approximate surface area is 175 Å². The molecule has 0 fully saturated rings. The third kappa shape index (κ3) is 5.06. The standard InChI is InChI=1S/C22H24N4O2S/c1-5-12-26-21(17-7-10-19(28-4)11-8-17)24-25-22(26)29-14-20(27)23-18-9-6-15(2)16(3)13-18/h5-11,13H,1,12,14H2,2-4H3,(H,23,27). The molecule has 1 amide bonds. The maximum atomic E-state index is 12.4. The Morgan fingerprint density at radius 3 is 2.59 bits per heavy atom. The van der Waals surface area contributed by atoms with Gasteiger partial charge in [0.1, 0.15) is 5.75 Å². The van der Waals surface area contributed by atoms with Gasteiger partial charge in [-0.25, -0.2) is 0 Å². The van der Waals surface area contributed by atoms with Gasteiger partial charge in [0.05, 0.1) is 12.9 Å². The number of carbonyl (C=O) groups is 1. The summed E-state index contributed by atoms with van der Waals surface area (Å²) < 4.78 is 7.16. The highest BCUT2D eigenvalue weighted by molar-refractivity contribution is 7.99. The lowest BCUT2D eigenvalue weighted by atomic mass is 10.1. The zero-order valence-electron chi connectivity index (χ0n) is 16.8. The molecule has 0 aliphatic carbocycles. The van der Waals surface area contributed by atoms with E-state index in [4.69, 9.17) is 4.74 Å². The van der Waals surface area contributed by atoms with Gasteiger partial charge in [-0.15, -0.1) is 16.8 Å². The molecular weight excluding hydrogens is 384 g/mol. The van der Waals surface area contributed by atoms with Gasteiger partial charge in [0.2, 0.25) is 5.91 Å². The van der Waals surface area contributed by atoms with Crippen molar-refractivity contribution >= 4 is 23.4 Å². The molecule has 0 bridgehead atoms. The predicted octanol–water partition coefficient (Wildman–Crippen LogP) is 4.49. The van der Waals surface area contributed by atoms with Crippen LogP contribution in [-0.4, -0.2) is 33.5 Å². The second kappa shape index (κ2) is 9.43. The second-order valence-corrected chi connectivity index (χ2v) is 7.51. The summed E-state index contributed by atoms with van der Waals surface area (Å²) in [7, 11) is 1.63. The Kier molecular flexibility index (Phi) is 6.72. The van der Waals surface area contributed by atoms with Crippen LogP contribution < -0.4 is 10.1 Å². The van der Waals surface area contributed by atoms with Gasteiger partial charge in [-0.2, -0.15) is 0 Å². The van der Waals surface area contributed by atoms with E-state index in [2.05, 4.69) is 22.1 Å². The lowest BCUT2D eigenvalue weighted by Gasteiger charge is -2.09. The topological polar surface area (TPSA) is 69.0 Å². The summed E-state index contributed by atoms with van der Waals surface area (Å²) in [6.45, 7) is 8.44. The van der Waals surface area contributed by atoms with Gasteiger partial charge in [-0.1, -0.05) is 23.9 Å². The number of aromatic nitrogens is 3. The first-order chi connectivity index (χ1) is 14.0. The van der Waals surface area contributed by atoms with Gasteiger partial charge < -0.3 is 10.1 Å². The number of hydrogen-bond acceptors (Lipinski definition) is 5. The lowest BCUT2D eigenvalue weighted by Crippen LogP contribution is -2.14. The summed E-state index contributed by atoms with van der Waals surface area (Å²) in [5.74, 6) is 1.66. The molecule has 1 aromatic heterocycles. The van der Waals surface area contributed by atoms with Gasteiger partial charge in [-0.3, -0.25) is 9.36 Å². The van der Waals surface area contributed by atoms with Gasteiger partial charge in [0.25, 0.3) is 0 Å². The number of methoxy groups -OCH3 is 1. The van der Waals surface area contributed by atoms with Gasteiger partial charge in [0.15, 0.2) is 11.0 Å². The number of nitrogens with zero attached hydrogens (tertiary/aromatic N) is 3. The molecule has 1 N–H and O–H groups in total. The van der Waals surface area contributed by atoms with Gasteiger partial charge >= 0.3 is 0 Å². The van der Waals surface area contributed by atoms with Crippen molar-refractivity contribution in [1.29, 1.82) is 0 Å². The molecule has 3 aromatic rings. The number of carbonyl (C=O) groups excluding carboxylic acids is 1. The fraction of sp³-hybridized carbons (Fsp3) is 0.227. The highest BCUT2D eigenvalue weighted by atomic mass is 32.2. The van der Waals surface area contributed by atoms with E-state index in [1.165, 1.54) is 17.3 Å². The summed E-state index contributed by atoms with van der Waals surface area (Å²) in [6, 6.07) is 13.5. The Bertz CT molecular complexity index is 1010. The van der Waals surface area contributed by atoms with E-state index in [0.717, 1.165) is 28.4 Å². The van der Waals surface area contributed by atoms with Crippen molar-refractivity contribution in [2.24, 2.45) is 0 Å². The summed E-state index contributed by atoms with van der Waals surface area (Å²) in [4.78, 5) is 12.4. The molecule has 0 radical (unpaired) electrons. The SMILES string of the molecule is C=CCn1c(SCC(=O)Nc2ccc(C)c(C)c2)nnc1-c1ccc(OC)cc1. The van der Waals surface area contributed by atoms with Gasteiger partial charge in [-0.05, 0) is 61.4 Å². The fourth-order valence-corrected chi connectivity index (χ4v) is 3.54. The van der Waals surface area contributed by atoms with Crippen LogP contribution >= 0.6 is 11.8 Å². The zero-order chi connectivity index (χ0) is 20.8. The van der Waals surface area contributed by atoms with E-state index in [0.29, 0.717) is 11.7 Å². The average molecular weight is 409 g/mol. The van der Waals surface area contributed by atoms with E-state index in [-0.39, 0.29) is 11.7 Å². The van der Waals surface area contributed by atoms with Crippen LogP contribution in [0.5, 0.6) is 5.75 Å². The molecule has 7 heteroatoms. The van der Waals surface area contributed by atoms with Crippen molar-refractivity contribution in [3.63, 3.8) is 0 Å². The molecule has 0 saturated carbocycles. The molecule has 29 heavy (non-hydrogen) atoms. The van der Waals surface area contributed by atoms with Crippen molar-refractivity contribution in [1.82, 2.24) is 14.8 Å². The van der Waals surface area contributed by atoms with Gasteiger partial charge in [0, 0.05) is 17.8 Å². The number of benzene rings is 2. The summed E-state index contributed by atoms with van der Waals surface area (Å²) in [5.41, 5.74) is 4.06. The molecule has 1 heterocycles. The Balaban J connectivity index is 1.71. The fourth-order valence-electron chi connectivity index (χ4n) is 2.79. The van der Waals surface area contributed by atoms with Crippen LogP contribution in [-0.2, 0) is 11.3 Å². The molecule has 150 valence electrons. The van der Waals surface area contributed by atoms with E-state index >= 15 is 0 Å². The number of ether oxygens (including phenoxy) is 1. The maximum absolute atomic E-state index is 12.4. The molecule has 2 aromatic carbocycles. The Morgan fingerprint density at radius 1 is 1.17 bits per heavy atom. The van der Waals surface area contributed by atoms with Crippen LogP contribution in [0.1, 0.15) is 11.1 Å². The van der Waals surface area contributed by atoms with Crippen LogP contribution in [0.3, 0.4) is 0 Å². The van der Waals surface area contributed by atoms with Crippen molar-refractivity contribution in [2.45, 2.75) is 25.5 Å². The minimum Gasteiger partial charge on any atom is -0.497 e. The first-order valence-corrected chi connectivity index (χ1v) is 10.2. The third-order valence-electron chi connectivity index (χ3n) is 4.50. The van der Waals surface area contributed by atoms with E-state index in [1.54, 1.807) is 13.2 Å². The van der Waals surface area contributed by atoms with Crippen LogP contribution in [0.15, 0.2) is 60.3 Å². The van der Waals surface area contributed by atoms with Crippen LogP contribution in [0.25, 0.3) is 11.4 Å². The molecule has 6 nitrogen and oxygen atoms in total. The molecule has 0 saturated heterocycles. The van der Waals surface area contributed by atoms with Crippen molar-refractivity contribution in [3.05, 3.63) is 66.2 Å². The number of aryl methyl sites for hydroxylation is 2. The molecule has 0 atom stereocenters. The number of nitrogens with one attached hydrogen (secondary N) is 1. The molecule has 0 aliphatic rings. The first kappa shape index (κ1) is 20.7. The average Bonchev–Trinajstić information content (AvgIpc) is 3.12. The molecule has 0 unspecified atom stereocenters. The number of anilines is 1. The molecule has 0 aliphatic heterocycles. The normalized spacial score (nSPS) is 10.6. The van der Waals surface area contributed by atoms with E-state index in [1.807, 2.05) is 60.9 Å². The smallest absolute Gasteiger partial charge is 0.234 e. The number of amides is 1. The monoisotopic (exact) mass is 408 g/mol. The maximum Gasteiger partial charge on any atom is 0.234 e. The van der Waals surface area contributed by atoms with Crippen LogP contribution in [0, 0.1) is 13.8 Å². The predicted molar refractivity (Wildman–Crippen MR) is 117 cm³/mol. The summed E-state index contributed by atoms with van der Waals surface area (Å²) in [6.07, 6.45) is 1.79. The van der Waals surface area contributed by atoms with E-state index < -0.39 is 0 Å². The number of thioether (sulfide) groups is 1. The highest BCUT2D eigenvalue weighted by Crippen LogP contribution is 2.26. The quantitative estimate of drug-likeness (QED) is 0.439. The minimum absolute atomic E-state index is 0.0857. The number of allylic oxidation sites excluding steroid dienone is 1. The Hall–Kier alpha value is -3.06. The summed E-state index contributed by atoms with van der Waals surface area (Å²) >= 11 is 1.35.